The fourth-order valence-electron chi connectivity index (χ4n) is 4.32. The predicted octanol–water partition coefficient (Wildman–Crippen LogP) is 7.19. The molecular formula is C26H23ClF3N3. The molecule has 0 bridgehead atoms. The van der Waals surface area contributed by atoms with Gasteiger partial charge in [0.1, 0.15) is 0 Å². The topological polar surface area (TPSA) is 10.8 Å². The summed E-state index contributed by atoms with van der Waals surface area (Å²) in [5, 5.41) is 0.579. The summed E-state index contributed by atoms with van der Waals surface area (Å²) in [6.07, 6.45) is -3.77. The molecule has 0 aliphatic carbocycles. The molecule has 1 aliphatic heterocycles. The van der Waals surface area contributed by atoms with Crippen molar-refractivity contribution in [3.05, 3.63) is 106 Å². The van der Waals surface area contributed by atoms with Gasteiger partial charge in [0.15, 0.2) is 5.69 Å². The van der Waals surface area contributed by atoms with Crippen molar-refractivity contribution < 1.29 is 13.2 Å². The third-order valence-corrected chi connectivity index (χ3v) is 6.34. The monoisotopic (exact) mass is 469 g/mol. The van der Waals surface area contributed by atoms with Crippen LogP contribution in [0.25, 0.3) is 4.85 Å². The Morgan fingerprint density at radius 2 is 1.76 bits per heavy atom. The summed E-state index contributed by atoms with van der Waals surface area (Å²) in [6.45, 7) is 9.90. The van der Waals surface area contributed by atoms with E-state index >= 15 is 0 Å². The molecule has 33 heavy (non-hydrogen) atoms. The number of hydrogen-bond donors (Lipinski definition) is 0. The summed E-state index contributed by atoms with van der Waals surface area (Å²) >= 11 is 6.39. The van der Waals surface area contributed by atoms with Crippen LogP contribution < -0.4 is 4.90 Å². The first kappa shape index (κ1) is 23.2. The number of rotatable bonds is 6. The maximum atomic E-state index is 13.7. The fourth-order valence-corrected chi connectivity index (χ4v) is 4.52. The molecule has 0 unspecified atom stereocenters. The first-order chi connectivity index (χ1) is 15.8. The molecule has 1 atom stereocenters. The minimum Gasteiger partial charge on any atom is -0.363 e. The van der Waals surface area contributed by atoms with Crippen LogP contribution >= 0.6 is 11.6 Å². The van der Waals surface area contributed by atoms with Gasteiger partial charge in [-0.3, -0.25) is 4.90 Å². The number of alkyl halides is 3. The number of halogens is 4. The summed E-state index contributed by atoms with van der Waals surface area (Å²) in [4.78, 5) is 7.39. The van der Waals surface area contributed by atoms with Crippen LogP contribution in [0.4, 0.5) is 24.5 Å². The van der Waals surface area contributed by atoms with Gasteiger partial charge in [-0.2, -0.15) is 13.2 Å². The highest BCUT2D eigenvalue weighted by atomic mass is 35.5. The summed E-state index contributed by atoms with van der Waals surface area (Å²) in [5.41, 5.74) is 1.21. The van der Waals surface area contributed by atoms with Gasteiger partial charge in [-0.15, -0.1) is 0 Å². The van der Waals surface area contributed by atoms with Crippen LogP contribution in [0, 0.1) is 6.57 Å². The van der Waals surface area contributed by atoms with E-state index in [0.717, 1.165) is 37.7 Å². The SMILES string of the molecule is [C-]#[N+]c1ccc(N(Cc2ccccc2Cl)[C@H]2CCN(Cc3ccccc3)C2)cc1C(F)(F)F. The standard InChI is InChI=1S/C26H23ClF3N3/c1-31-25-12-11-21(15-23(25)26(28,29)30)33(17-20-9-5-6-10-24(20)27)22-13-14-32(18-22)16-19-7-3-2-4-8-19/h2-12,15,22H,13-14,16-18H2/t22-/m0/s1. The molecule has 1 aliphatic rings. The highest BCUT2D eigenvalue weighted by Crippen LogP contribution is 2.40. The Morgan fingerprint density at radius 3 is 2.45 bits per heavy atom. The Bertz CT molecular complexity index is 1140. The number of nitrogens with zero attached hydrogens (tertiary/aromatic N) is 3. The Morgan fingerprint density at radius 1 is 1.03 bits per heavy atom. The first-order valence-electron chi connectivity index (χ1n) is 10.7. The van der Waals surface area contributed by atoms with Crippen LogP contribution in [0.15, 0.2) is 72.8 Å². The summed E-state index contributed by atoms with van der Waals surface area (Å²) in [5.74, 6) is 0. The van der Waals surface area contributed by atoms with Gasteiger partial charge in [0.05, 0.1) is 12.1 Å². The van der Waals surface area contributed by atoms with Gasteiger partial charge >= 0.3 is 6.18 Å². The Labute approximate surface area is 196 Å². The molecule has 170 valence electrons. The summed E-state index contributed by atoms with van der Waals surface area (Å²) in [7, 11) is 0. The highest BCUT2D eigenvalue weighted by molar-refractivity contribution is 6.31. The van der Waals surface area contributed by atoms with Crippen LogP contribution in [-0.4, -0.2) is 24.0 Å². The minimum absolute atomic E-state index is 0.0184. The molecule has 1 heterocycles. The molecule has 4 rings (SSSR count). The molecule has 3 aromatic rings. The van der Waals surface area contributed by atoms with E-state index in [9.17, 15) is 13.2 Å². The molecule has 0 amide bonds. The Kier molecular flexibility index (Phi) is 6.92. The van der Waals surface area contributed by atoms with Crippen LogP contribution in [0.5, 0.6) is 0 Å². The van der Waals surface area contributed by atoms with Gasteiger partial charge in [-0.1, -0.05) is 66.2 Å². The third kappa shape index (κ3) is 5.50. The van der Waals surface area contributed by atoms with Crippen molar-refractivity contribution in [3.63, 3.8) is 0 Å². The number of hydrogen-bond acceptors (Lipinski definition) is 2. The van der Waals surface area contributed by atoms with Crippen molar-refractivity contribution in [1.82, 2.24) is 4.90 Å². The van der Waals surface area contributed by atoms with Crippen LogP contribution in [0.2, 0.25) is 5.02 Å². The Balaban J connectivity index is 1.65. The number of anilines is 1. The van der Waals surface area contributed by atoms with Crippen molar-refractivity contribution >= 4 is 23.0 Å². The van der Waals surface area contributed by atoms with Gasteiger partial charge in [0.25, 0.3) is 0 Å². The summed E-state index contributed by atoms with van der Waals surface area (Å²) in [6, 6.07) is 21.5. The van der Waals surface area contributed by atoms with Gasteiger partial charge in [-0.05, 0) is 35.7 Å². The van der Waals surface area contributed by atoms with E-state index in [-0.39, 0.29) is 11.7 Å². The number of benzene rings is 3. The maximum Gasteiger partial charge on any atom is 0.407 e. The third-order valence-electron chi connectivity index (χ3n) is 5.97. The van der Waals surface area contributed by atoms with Gasteiger partial charge in [0, 0.05) is 42.9 Å². The Hall–Kier alpha value is -3.01. The van der Waals surface area contributed by atoms with Crippen molar-refractivity contribution in [2.45, 2.75) is 31.7 Å². The zero-order chi connectivity index (χ0) is 23.4. The van der Waals surface area contributed by atoms with E-state index in [2.05, 4.69) is 21.9 Å². The fraction of sp³-hybridized carbons (Fsp3) is 0.269. The molecule has 3 aromatic carbocycles. The predicted molar refractivity (Wildman–Crippen MR) is 125 cm³/mol. The van der Waals surface area contributed by atoms with E-state index in [4.69, 9.17) is 18.2 Å². The quantitative estimate of drug-likeness (QED) is 0.354. The lowest BCUT2D eigenvalue weighted by Crippen LogP contribution is -2.37. The number of likely N-dealkylation sites (tertiary alicyclic amines) is 1. The molecule has 1 saturated heterocycles. The van der Waals surface area contributed by atoms with Crippen molar-refractivity contribution in [1.29, 1.82) is 0 Å². The zero-order valence-electron chi connectivity index (χ0n) is 17.9. The molecule has 7 heteroatoms. The molecule has 0 saturated carbocycles. The lowest BCUT2D eigenvalue weighted by atomic mass is 10.1. The molecular weight excluding hydrogens is 447 g/mol. The average molecular weight is 470 g/mol. The minimum atomic E-state index is -4.60. The second-order valence-corrected chi connectivity index (χ2v) is 8.60. The lowest BCUT2D eigenvalue weighted by molar-refractivity contribution is -0.136. The molecule has 0 aromatic heterocycles. The van der Waals surface area contributed by atoms with E-state index in [0.29, 0.717) is 17.3 Å². The second-order valence-electron chi connectivity index (χ2n) is 8.19. The second kappa shape index (κ2) is 9.86. The molecule has 0 radical (unpaired) electrons. The van der Waals surface area contributed by atoms with E-state index < -0.39 is 11.7 Å². The molecule has 0 spiro atoms. The first-order valence-corrected chi connectivity index (χ1v) is 11.1. The van der Waals surface area contributed by atoms with E-state index in [1.807, 2.05) is 41.3 Å². The molecule has 0 N–H and O–H groups in total. The average Bonchev–Trinajstić information content (AvgIpc) is 3.26. The highest BCUT2D eigenvalue weighted by Gasteiger charge is 2.35. The van der Waals surface area contributed by atoms with Gasteiger partial charge < -0.3 is 4.90 Å². The largest absolute Gasteiger partial charge is 0.407 e. The van der Waals surface area contributed by atoms with Crippen molar-refractivity contribution in [3.8, 4) is 0 Å². The van der Waals surface area contributed by atoms with Crippen LogP contribution in [-0.2, 0) is 19.3 Å². The van der Waals surface area contributed by atoms with Crippen LogP contribution in [0.1, 0.15) is 23.1 Å². The van der Waals surface area contributed by atoms with Crippen molar-refractivity contribution in [2.24, 2.45) is 0 Å². The van der Waals surface area contributed by atoms with Gasteiger partial charge in [-0.25, -0.2) is 4.85 Å². The molecule has 1 fully saturated rings. The van der Waals surface area contributed by atoms with E-state index in [1.54, 1.807) is 12.1 Å². The van der Waals surface area contributed by atoms with Crippen LogP contribution in [0.3, 0.4) is 0 Å². The summed E-state index contributed by atoms with van der Waals surface area (Å²) < 4.78 is 41.0. The molecule has 3 nitrogen and oxygen atoms in total. The maximum absolute atomic E-state index is 13.7. The lowest BCUT2D eigenvalue weighted by Gasteiger charge is -2.32. The van der Waals surface area contributed by atoms with Gasteiger partial charge in [0.2, 0.25) is 0 Å². The smallest absolute Gasteiger partial charge is 0.363 e. The normalized spacial score (nSPS) is 16.5. The van der Waals surface area contributed by atoms with Crippen molar-refractivity contribution in [2.75, 3.05) is 18.0 Å². The van der Waals surface area contributed by atoms with E-state index in [1.165, 1.54) is 11.6 Å². The zero-order valence-corrected chi connectivity index (χ0v) is 18.7.